The third kappa shape index (κ3) is 2.94. The molecule has 0 unspecified atom stereocenters. The molecule has 1 aliphatic rings. The highest BCUT2D eigenvalue weighted by Crippen LogP contribution is 2.32. The number of hydrogen-bond acceptors (Lipinski definition) is 3. The maximum absolute atomic E-state index is 12.5. The number of amides is 1. The number of nitrogens with zero attached hydrogens (tertiary/aromatic N) is 1. The van der Waals surface area contributed by atoms with Crippen molar-refractivity contribution in [1.29, 1.82) is 0 Å². The molecule has 0 saturated carbocycles. The maximum atomic E-state index is 12.5. The van der Waals surface area contributed by atoms with Crippen molar-refractivity contribution in [3.05, 3.63) is 54.0 Å². The Morgan fingerprint density at radius 1 is 1.33 bits per heavy atom. The molecule has 1 amide bonds. The fourth-order valence-corrected chi connectivity index (χ4v) is 2.86. The highest BCUT2D eigenvalue weighted by Gasteiger charge is 2.31. The summed E-state index contributed by atoms with van der Waals surface area (Å²) in [4.78, 5) is 14.5. The fourth-order valence-electron chi connectivity index (χ4n) is 2.86. The summed E-state index contributed by atoms with van der Waals surface area (Å²) in [5.74, 6) is 1.84. The normalized spacial score (nSPS) is 18.0. The van der Waals surface area contributed by atoms with Crippen molar-refractivity contribution in [3.8, 4) is 5.75 Å². The first kappa shape index (κ1) is 13.7. The summed E-state index contributed by atoms with van der Waals surface area (Å²) in [6, 6.07) is 11.6. The van der Waals surface area contributed by atoms with E-state index >= 15 is 0 Å². The molecule has 4 nitrogen and oxygen atoms in total. The summed E-state index contributed by atoms with van der Waals surface area (Å²) in [6.07, 6.45) is 4.09. The second kappa shape index (κ2) is 6.04. The van der Waals surface area contributed by atoms with E-state index in [1.54, 1.807) is 13.4 Å². The standard InChI is InChI=1S/C17H19NO3/c1-20-14-8-6-13(7-9-14)12-17(19)18-10-2-4-15(18)16-5-3-11-21-16/h3,5-9,11,15H,2,4,10,12H2,1H3/t15-/m0/s1. The quantitative estimate of drug-likeness (QED) is 0.866. The molecule has 2 aromatic rings. The minimum absolute atomic E-state index is 0.0887. The van der Waals surface area contributed by atoms with E-state index in [4.69, 9.17) is 9.15 Å². The van der Waals surface area contributed by atoms with Gasteiger partial charge in [-0.05, 0) is 42.7 Å². The van der Waals surface area contributed by atoms with Crippen molar-refractivity contribution in [1.82, 2.24) is 4.90 Å². The predicted molar refractivity (Wildman–Crippen MR) is 79.1 cm³/mol. The van der Waals surface area contributed by atoms with Crippen molar-refractivity contribution in [2.45, 2.75) is 25.3 Å². The monoisotopic (exact) mass is 285 g/mol. The molecule has 1 atom stereocenters. The van der Waals surface area contributed by atoms with Crippen LogP contribution < -0.4 is 4.74 Å². The topological polar surface area (TPSA) is 42.7 Å². The van der Waals surface area contributed by atoms with Gasteiger partial charge in [0.25, 0.3) is 0 Å². The number of benzene rings is 1. The van der Waals surface area contributed by atoms with Gasteiger partial charge >= 0.3 is 0 Å². The van der Waals surface area contributed by atoms with Crippen LogP contribution in [-0.4, -0.2) is 24.5 Å². The van der Waals surface area contributed by atoms with E-state index in [1.165, 1.54) is 0 Å². The van der Waals surface area contributed by atoms with E-state index in [1.807, 2.05) is 41.3 Å². The number of carbonyl (C=O) groups excluding carboxylic acids is 1. The summed E-state index contributed by atoms with van der Waals surface area (Å²) in [6.45, 7) is 0.806. The number of carbonyl (C=O) groups is 1. The van der Waals surface area contributed by atoms with Gasteiger partial charge in [0.1, 0.15) is 11.5 Å². The molecule has 1 fully saturated rings. The van der Waals surface area contributed by atoms with Crippen molar-refractivity contribution >= 4 is 5.91 Å². The molecule has 0 N–H and O–H groups in total. The van der Waals surface area contributed by atoms with Crippen molar-refractivity contribution in [2.75, 3.05) is 13.7 Å². The molecule has 0 radical (unpaired) electrons. The molecule has 2 heterocycles. The molecule has 1 aromatic carbocycles. The third-order valence-electron chi connectivity index (χ3n) is 3.96. The van der Waals surface area contributed by atoms with Crippen LogP contribution in [0.1, 0.15) is 30.2 Å². The van der Waals surface area contributed by atoms with Crippen LogP contribution in [0.3, 0.4) is 0 Å². The second-order valence-electron chi connectivity index (χ2n) is 5.29. The van der Waals surface area contributed by atoms with Gasteiger partial charge in [0, 0.05) is 6.54 Å². The van der Waals surface area contributed by atoms with Crippen molar-refractivity contribution in [2.24, 2.45) is 0 Å². The summed E-state index contributed by atoms with van der Waals surface area (Å²) >= 11 is 0. The Labute approximate surface area is 124 Å². The predicted octanol–water partition coefficient (Wildman–Crippen LogP) is 3.19. The smallest absolute Gasteiger partial charge is 0.227 e. The molecule has 3 rings (SSSR count). The Balaban J connectivity index is 1.69. The zero-order valence-corrected chi connectivity index (χ0v) is 12.1. The molecule has 4 heteroatoms. The highest BCUT2D eigenvalue weighted by atomic mass is 16.5. The van der Waals surface area contributed by atoms with Gasteiger partial charge in [-0.1, -0.05) is 12.1 Å². The number of furan rings is 1. The minimum atomic E-state index is 0.0887. The number of methoxy groups -OCH3 is 1. The van der Waals surface area contributed by atoms with Crippen LogP contribution in [0, 0.1) is 0 Å². The summed E-state index contributed by atoms with van der Waals surface area (Å²) in [7, 11) is 1.64. The lowest BCUT2D eigenvalue weighted by atomic mass is 10.1. The Morgan fingerprint density at radius 2 is 2.14 bits per heavy atom. The van der Waals surface area contributed by atoms with Gasteiger partial charge in [-0.15, -0.1) is 0 Å². The first-order valence-corrected chi connectivity index (χ1v) is 7.24. The van der Waals surface area contributed by atoms with Crippen LogP contribution in [0.5, 0.6) is 5.75 Å². The first-order valence-electron chi connectivity index (χ1n) is 7.24. The Hall–Kier alpha value is -2.23. The van der Waals surface area contributed by atoms with Gasteiger partial charge in [0.2, 0.25) is 5.91 Å². The SMILES string of the molecule is COc1ccc(CC(=O)N2CCC[C@H]2c2ccco2)cc1. The van der Waals surface area contributed by atoms with Gasteiger partial charge in [-0.3, -0.25) is 4.79 Å². The average molecular weight is 285 g/mol. The summed E-state index contributed by atoms with van der Waals surface area (Å²) < 4.78 is 10.6. The van der Waals surface area contributed by atoms with Crippen LogP contribution in [0.2, 0.25) is 0 Å². The molecule has 0 spiro atoms. The Kier molecular flexibility index (Phi) is 3.95. The number of hydrogen-bond donors (Lipinski definition) is 0. The lowest BCUT2D eigenvalue weighted by molar-refractivity contribution is -0.131. The molecule has 1 saturated heterocycles. The molecule has 1 aliphatic heterocycles. The lowest BCUT2D eigenvalue weighted by Crippen LogP contribution is -2.31. The maximum Gasteiger partial charge on any atom is 0.227 e. The van der Waals surface area contributed by atoms with E-state index in [0.29, 0.717) is 6.42 Å². The number of ether oxygens (including phenoxy) is 1. The summed E-state index contributed by atoms with van der Waals surface area (Å²) in [5.41, 5.74) is 1.01. The minimum Gasteiger partial charge on any atom is -0.497 e. The zero-order valence-electron chi connectivity index (χ0n) is 12.1. The van der Waals surface area contributed by atoms with Crippen LogP contribution in [0.15, 0.2) is 47.1 Å². The lowest BCUT2D eigenvalue weighted by Gasteiger charge is -2.23. The molecule has 0 aliphatic carbocycles. The van der Waals surface area contributed by atoms with E-state index in [0.717, 1.165) is 36.5 Å². The molecule has 21 heavy (non-hydrogen) atoms. The summed E-state index contributed by atoms with van der Waals surface area (Å²) in [5, 5.41) is 0. The van der Waals surface area contributed by atoms with Gasteiger partial charge < -0.3 is 14.1 Å². The van der Waals surface area contributed by atoms with Crippen LogP contribution in [0.4, 0.5) is 0 Å². The number of rotatable bonds is 4. The Morgan fingerprint density at radius 3 is 2.81 bits per heavy atom. The van der Waals surface area contributed by atoms with E-state index in [-0.39, 0.29) is 11.9 Å². The van der Waals surface area contributed by atoms with Crippen LogP contribution in [0.25, 0.3) is 0 Å². The first-order chi connectivity index (χ1) is 10.3. The molecular formula is C17H19NO3. The molecule has 1 aromatic heterocycles. The molecular weight excluding hydrogens is 266 g/mol. The van der Waals surface area contributed by atoms with Crippen LogP contribution in [-0.2, 0) is 11.2 Å². The van der Waals surface area contributed by atoms with E-state index in [9.17, 15) is 4.79 Å². The van der Waals surface area contributed by atoms with Crippen LogP contribution >= 0.6 is 0 Å². The van der Waals surface area contributed by atoms with Gasteiger partial charge in [0.05, 0.1) is 25.8 Å². The van der Waals surface area contributed by atoms with Gasteiger partial charge in [-0.2, -0.15) is 0 Å². The van der Waals surface area contributed by atoms with Gasteiger partial charge in [0.15, 0.2) is 0 Å². The zero-order chi connectivity index (χ0) is 14.7. The van der Waals surface area contributed by atoms with Crippen molar-refractivity contribution in [3.63, 3.8) is 0 Å². The van der Waals surface area contributed by atoms with Gasteiger partial charge in [-0.25, -0.2) is 0 Å². The largest absolute Gasteiger partial charge is 0.497 e. The second-order valence-corrected chi connectivity index (χ2v) is 5.29. The average Bonchev–Trinajstić information content (AvgIpc) is 3.18. The Bertz CT molecular complexity index is 589. The fraction of sp³-hybridized carbons (Fsp3) is 0.353. The third-order valence-corrected chi connectivity index (χ3v) is 3.96. The van der Waals surface area contributed by atoms with E-state index < -0.39 is 0 Å². The van der Waals surface area contributed by atoms with Crippen molar-refractivity contribution < 1.29 is 13.9 Å². The molecule has 0 bridgehead atoms. The molecule has 110 valence electrons. The number of likely N-dealkylation sites (tertiary alicyclic amines) is 1. The highest BCUT2D eigenvalue weighted by molar-refractivity contribution is 5.79. The van der Waals surface area contributed by atoms with E-state index in [2.05, 4.69) is 0 Å².